The summed E-state index contributed by atoms with van der Waals surface area (Å²) in [6.45, 7) is 4.24. The molecule has 0 radical (unpaired) electrons. The van der Waals surface area contributed by atoms with Crippen LogP contribution in [-0.2, 0) is 6.42 Å². The molecule has 0 spiro atoms. The van der Waals surface area contributed by atoms with Gasteiger partial charge in [-0.1, -0.05) is 24.6 Å². The van der Waals surface area contributed by atoms with Crippen molar-refractivity contribution in [3.05, 3.63) is 39.9 Å². The number of H-pyrrole nitrogens is 2. The lowest BCUT2D eigenvalue weighted by atomic mass is 9.95. The number of hydrogen-bond donors (Lipinski definition) is 2. The summed E-state index contributed by atoms with van der Waals surface area (Å²) < 4.78 is 5.90. The normalized spacial score (nSPS) is 12.4. The van der Waals surface area contributed by atoms with Crippen molar-refractivity contribution in [3.63, 3.8) is 0 Å². The fourth-order valence-corrected chi connectivity index (χ4v) is 2.20. The minimum absolute atomic E-state index is 0.314. The van der Waals surface area contributed by atoms with Crippen LogP contribution >= 0.6 is 12.2 Å². The third-order valence-corrected chi connectivity index (χ3v) is 3.16. The molecule has 18 heavy (non-hydrogen) atoms. The second-order valence-corrected chi connectivity index (χ2v) is 4.85. The second kappa shape index (κ2) is 5.35. The third kappa shape index (κ3) is 2.79. The summed E-state index contributed by atoms with van der Waals surface area (Å²) in [7, 11) is 1.70. The van der Waals surface area contributed by atoms with E-state index in [2.05, 4.69) is 41.2 Å². The Kier molecular flexibility index (Phi) is 3.81. The average Bonchev–Trinajstić information content (AvgIpc) is 2.74. The van der Waals surface area contributed by atoms with Gasteiger partial charge in [0.1, 0.15) is 11.6 Å². The van der Waals surface area contributed by atoms with Gasteiger partial charge in [0.2, 0.25) is 4.77 Å². The zero-order valence-corrected chi connectivity index (χ0v) is 11.6. The molecule has 2 N–H and O–H groups in total. The van der Waals surface area contributed by atoms with E-state index in [1.54, 1.807) is 7.11 Å². The summed E-state index contributed by atoms with van der Waals surface area (Å²) >= 11 is 4.95. The van der Waals surface area contributed by atoms with Crippen LogP contribution in [0.1, 0.15) is 29.8 Å². The van der Waals surface area contributed by atoms with E-state index in [4.69, 9.17) is 17.0 Å². The minimum Gasteiger partial charge on any atom is -0.496 e. The van der Waals surface area contributed by atoms with Crippen molar-refractivity contribution in [2.45, 2.75) is 26.2 Å². The van der Waals surface area contributed by atoms with Crippen LogP contribution in [0.4, 0.5) is 0 Å². The molecule has 1 aromatic heterocycles. The first-order valence-electron chi connectivity index (χ1n) is 5.88. The largest absolute Gasteiger partial charge is 0.496 e. The predicted octanol–water partition coefficient (Wildman–Crippen LogP) is 3.13. The van der Waals surface area contributed by atoms with Crippen molar-refractivity contribution in [3.8, 4) is 5.75 Å². The van der Waals surface area contributed by atoms with E-state index in [1.807, 2.05) is 6.07 Å². The number of benzene rings is 1. The van der Waals surface area contributed by atoms with E-state index in [0.717, 1.165) is 18.0 Å². The number of aromatic nitrogens is 3. The maximum atomic E-state index is 5.41. The van der Waals surface area contributed by atoms with Crippen LogP contribution in [0.15, 0.2) is 18.2 Å². The Morgan fingerprint density at radius 2 is 2.17 bits per heavy atom. The van der Waals surface area contributed by atoms with Crippen LogP contribution in [0.2, 0.25) is 0 Å². The molecular weight excluding hydrogens is 246 g/mol. The highest BCUT2D eigenvalue weighted by Gasteiger charge is 2.13. The number of nitrogens with zero attached hydrogens (tertiary/aromatic N) is 1. The van der Waals surface area contributed by atoms with Crippen LogP contribution in [0, 0.1) is 11.7 Å². The van der Waals surface area contributed by atoms with Gasteiger partial charge >= 0.3 is 0 Å². The number of hydrogen-bond acceptors (Lipinski definition) is 3. The summed E-state index contributed by atoms with van der Waals surface area (Å²) in [6.07, 6.45) is 0.799. The Morgan fingerprint density at radius 1 is 1.39 bits per heavy atom. The van der Waals surface area contributed by atoms with Crippen LogP contribution in [0.5, 0.6) is 5.75 Å². The van der Waals surface area contributed by atoms with Gasteiger partial charge in [-0.25, -0.2) is 4.98 Å². The van der Waals surface area contributed by atoms with Gasteiger partial charge in [-0.15, -0.1) is 0 Å². The monoisotopic (exact) mass is 263 g/mol. The first-order valence-corrected chi connectivity index (χ1v) is 6.29. The smallest absolute Gasteiger partial charge is 0.213 e. The number of methoxy groups -OCH3 is 1. The van der Waals surface area contributed by atoms with Crippen molar-refractivity contribution in [1.82, 2.24) is 15.2 Å². The number of ether oxygens (including phenoxy) is 1. The van der Waals surface area contributed by atoms with E-state index in [1.165, 1.54) is 11.1 Å². The second-order valence-electron chi connectivity index (χ2n) is 4.46. The quantitative estimate of drug-likeness (QED) is 0.833. The standard InChI is InChI=1S/C13H17N3OS/c1-8-4-5-11(17-3)10(6-8)9(2)7-12-14-13(18)16-15-12/h4-6,9H,7H2,1-3H3,(H2,14,15,16,18). The fourth-order valence-electron chi connectivity index (χ4n) is 2.04. The van der Waals surface area contributed by atoms with Gasteiger partial charge in [-0.3, -0.25) is 10.2 Å². The van der Waals surface area contributed by atoms with Crippen molar-refractivity contribution >= 4 is 12.2 Å². The zero-order valence-electron chi connectivity index (χ0n) is 10.8. The first kappa shape index (κ1) is 12.8. The lowest BCUT2D eigenvalue weighted by Crippen LogP contribution is -2.03. The molecule has 0 fully saturated rings. The summed E-state index contributed by atoms with van der Waals surface area (Å²) in [5.41, 5.74) is 2.42. The number of nitrogens with one attached hydrogen (secondary N) is 2. The molecule has 0 saturated carbocycles. The molecule has 5 heteroatoms. The molecule has 0 bridgehead atoms. The minimum atomic E-state index is 0.314. The molecule has 0 aliphatic carbocycles. The predicted molar refractivity (Wildman–Crippen MR) is 73.6 cm³/mol. The van der Waals surface area contributed by atoms with E-state index in [0.29, 0.717) is 10.7 Å². The highest BCUT2D eigenvalue weighted by atomic mass is 32.1. The molecule has 1 unspecified atom stereocenters. The van der Waals surface area contributed by atoms with E-state index < -0.39 is 0 Å². The van der Waals surface area contributed by atoms with Gasteiger partial charge in [-0.05, 0) is 36.7 Å². The highest BCUT2D eigenvalue weighted by molar-refractivity contribution is 7.71. The lowest BCUT2D eigenvalue weighted by molar-refractivity contribution is 0.406. The number of aryl methyl sites for hydroxylation is 1. The van der Waals surface area contributed by atoms with Crippen LogP contribution in [-0.4, -0.2) is 22.3 Å². The molecule has 0 aliphatic rings. The van der Waals surface area contributed by atoms with Gasteiger partial charge < -0.3 is 4.74 Å². The Bertz CT molecular complexity index is 588. The van der Waals surface area contributed by atoms with Gasteiger partial charge in [0.15, 0.2) is 0 Å². The van der Waals surface area contributed by atoms with Gasteiger partial charge in [0.05, 0.1) is 7.11 Å². The Morgan fingerprint density at radius 3 is 2.78 bits per heavy atom. The topological polar surface area (TPSA) is 53.7 Å². The fraction of sp³-hybridized carbons (Fsp3) is 0.385. The summed E-state index contributed by atoms with van der Waals surface area (Å²) in [5.74, 6) is 2.10. The summed E-state index contributed by atoms with van der Waals surface area (Å²) in [6, 6.07) is 6.22. The van der Waals surface area contributed by atoms with E-state index in [-0.39, 0.29) is 0 Å². The SMILES string of the molecule is COc1ccc(C)cc1C(C)Cc1nc(=S)[nH][nH]1. The van der Waals surface area contributed by atoms with Crippen LogP contribution in [0.3, 0.4) is 0 Å². The number of aromatic amines is 2. The maximum Gasteiger partial charge on any atom is 0.213 e. The molecule has 0 amide bonds. The molecule has 1 aromatic carbocycles. The molecular formula is C13H17N3OS. The maximum absolute atomic E-state index is 5.41. The molecule has 2 aromatic rings. The molecule has 96 valence electrons. The van der Waals surface area contributed by atoms with Crippen LogP contribution < -0.4 is 4.74 Å². The van der Waals surface area contributed by atoms with Gasteiger partial charge in [0, 0.05) is 6.42 Å². The van der Waals surface area contributed by atoms with Crippen molar-refractivity contribution in [1.29, 1.82) is 0 Å². The molecule has 1 atom stereocenters. The van der Waals surface area contributed by atoms with E-state index in [9.17, 15) is 0 Å². The zero-order chi connectivity index (χ0) is 13.1. The Hall–Kier alpha value is -1.62. The molecule has 0 aliphatic heterocycles. The molecule has 4 nitrogen and oxygen atoms in total. The van der Waals surface area contributed by atoms with Crippen molar-refractivity contribution < 1.29 is 4.74 Å². The Labute approximate surface area is 111 Å². The van der Waals surface area contributed by atoms with Crippen molar-refractivity contribution in [2.24, 2.45) is 0 Å². The molecule has 1 heterocycles. The third-order valence-electron chi connectivity index (χ3n) is 2.97. The van der Waals surface area contributed by atoms with Crippen LogP contribution in [0.25, 0.3) is 0 Å². The lowest BCUT2D eigenvalue weighted by Gasteiger charge is -2.15. The summed E-state index contributed by atoms with van der Waals surface area (Å²) in [4.78, 5) is 4.22. The Balaban J connectivity index is 2.25. The van der Waals surface area contributed by atoms with E-state index >= 15 is 0 Å². The average molecular weight is 263 g/mol. The first-order chi connectivity index (χ1) is 8.60. The highest BCUT2D eigenvalue weighted by Crippen LogP contribution is 2.29. The number of rotatable bonds is 4. The van der Waals surface area contributed by atoms with Gasteiger partial charge in [0.25, 0.3) is 0 Å². The molecule has 0 saturated heterocycles. The van der Waals surface area contributed by atoms with Gasteiger partial charge in [-0.2, -0.15) is 0 Å². The summed E-state index contributed by atoms with van der Waals surface area (Å²) in [5, 5.41) is 5.79. The van der Waals surface area contributed by atoms with Crippen molar-refractivity contribution in [2.75, 3.05) is 7.11 Å². The molecule has 2 rings (SSSR count).